The molecule has 2 aliphatic rings. The smallest absolute Gasteiger partial charge is 0.0521 e. The van der Waals surface area contributed by atoms with Gasteiger partial charge in [-0.05, 0) is 45.7 Å². The van der Waals surface area contributed by atoms with Crippen molar-refractivity contribution >= 4 is 11.8 Å². The molecule has 0 amide bonds. The molecule has 3 nitrogen and oxygen atoms in total. The molecule has 2 fully saturated rings. The fourth-order valence-electron chi connectivity index (χ4n) is 3.02. The van der Waals surface area contributed by atoms with Crippen molar-refractivity contribution < 1.29 is 4.74 Å². The van der Waals surface area contributed by atoms with Crippen LogP contribution in [0.2, 0.25) is 0 Å². The Morgan fingerprint density at radius 2 is 2.06 bits per heavy atom. The molecule has 17 heavy (non-hydrogen) atoms. The molecule has 2 unspecified atom stereocenters. The van der Waals surface area contributed by atoms with E-state index in [1.165, 1.54) is 38.9 Å². The third-order valence-electron chi connectivity index (χ3n) is 4.21. The number of rotatable bonds is 4. The van der Waals surface area contributed by atoms with E-state index in [1.54, 1.807) is 0 Å². The molecular formula is C13H26N2OS. The van der Waals surface area contributed by atoms with Crippen LogP contribution < -0.4 is 5.32 Å². The Bertz CT molecular complexity index is 219. The maximum absolute atomic E-state index is 5.63. The lowest BCUT2D eigenvalue weighted by Gasteiger charge is -2.38. The highest BCUT2D eigenvalue weighted by molar-refractivity contribution is 7.99. The highest BCUT2D eigenvalue weighted by atomic mass is 32.2. The van der Waals surface area contributed by atoms with E-state index in [0.29, 0.717) is 12.0 Å². The summed E-state index contributed by atoms with van der Waals surface area (Å²) in [5, 5.41) is 4.35. The van der Waals surface area contributed by atoms with E-state index in [2.05, 4.69) is 23.5 Å². The van der Waals surface area contributed by atoms with Gasteiger partial charge in [0.25, 0.3) is 0 Å². The number of likely N-dealkylation sites (tertiary alicyclic amines) is 1. The zero-order valence-electron chi connectivity index (χ0n) is 11.2. The van der Waals surface area contributed by atoms with Crippen LogP contribution in [-0.4, -0.2) is 62.3 Å². The first kappa shape index (κ1) is 13.7. The van der Waals surface area contributed by atoms with E-state index in [9.17, 15) is 0 Å². The predicted molar refractivity (Wildman–Crippen MR) is 74.8 cm³/mol. The quantitative estimate of drug-likeness (QED) is 0.825. The number of hydrogen-bond donors (Lipinski definition) is 1. The van der Waals surface area contributed by atoms with E-state index < -0.39 is 0 Å². The van der Waals surface area contributed by atoms with Gasteiger partial charge in [0.1, 0.15) is 0 Å². The van der Waals surface area contributed by atoms with Gasteiger partial charge in [0.2, 0.25) is 0 Å². The summed E-state index contributed by atoms with van der Waals surface area (Å²) in [6.45, 7) is 5.63. The summed E-state index contributed by atoms with van der Waals surface area (Å²) in [7, 11) is 2.09. The molecule has 2 rings (SSSR count). The summed E-state index contributed by atoms with van der Waals surface area (Å²) in [4.78, 5) is 2.64. The third-order valence-corrected chi connectivity index (χ3v) is 5.34. The van der Waals surface area contributed by atoms with Crippen LogP contribution in [0.1, 0.15) is 19.3 Å². The highest BCUT2D eigenvalue weighted by Crippen LogP contribution is 2.23. The molecule has 0 bridgehead atoms. The van der Waals surface area contributed by atoms with E-state index in [4.69, 9.17) is 4.74 Å². The van der Waals surface area contributed by atoms with Gasteiger partial charge in [0.05, 0.1) is 6.61 Å². The van der Waals surface area contributed by atoms with Gasteiger partial charge in [-0.2, -0.15) is 11.8 Å². The molecule has 0 aromatic rings. The van der Waals surface area contributed by atoms with Gasteiger partial charge >= 0.3 is 0 Å². The molecule has 2 heterocycles. The number of piperidine rings is 1. The molecule has 2 saturated heterocycles. The molecule has 0 aliphatic carbocycles. The van der Waals surface area contributed by atoms with E-state index in [1.807, 2.05) is 11.8 Å². The summed E-state index contributed by atoms with van der Waals surface area (Å²) < 4.78 is 5.63. The molecule has 2 atom stereocenters. The van der Waals surface area contributed by atoms with E-state index in [0.717, 1.165) is 18.5 Å². The first-order valence-electron chi connectivity index (χ1n) is 6.83. The van der Waals surface area contributed by atoms with Crippen molar-refractivity contribution in [3.05, 3.63) is 0 Å². The number of thioether (sulfide) groups is 1. The number of nitrogens with zero attached hydrogens (tertiary/aromatic N) is 1. The Labute approximate surface area is 110 Å². The Hall–Kier alpha value is 0.230. The van der Waals surface area contributed by atoms with Crippen molar-refractivity contribution in [1.29, 1.82) is 0 Å². The second kappa shape index (κ2) is 6.98. The SMILES string of the molecule is CNC1CCOCC1CN1CCC(SC)CC1. The maximum atomic E-state index is 5.63. The van der Waals surface area contributed by atoms with Gasteiger partial charge in [-0.25, -0.2) is 0 Å². The molecular weight excluding hydrogens is 232 g/mol. The lowest BCUT2D eigenvalue weighted by atomic mass is 9.94. The Morgan fingerprint density at radius 1 is 1.29 bits per heavy atom. The molecule has 1 N–H and O–H groups in total. The fraction of sp³-hybridized carbons (Fsp3) is 1.00. The molecule has 2 aliphatic heterocycles. The van der Waals surface area contributed by atoms with Crippen LogP contribution in [0, 0.1) is 5.92 Å². The summed E-state index contributed by atoms with van der Waals surface area (Å²) in [6.07, 6.45) is 6.13. The average molecular weight is 258 g/mol. The first-order chi connectivity index (χ1) is 8.33. The Balaban J connectivity index is 1.76. The summed E-state index contributed by atoms with van der Waals surface area (Å²) in [5.41, 5.74) is 0. The molecule has 0 spiro atoms. The zero-order valence-corrected chi connectivity index (χ0v) is 12.0. The second-order valence-corrected chi connectivity index (χ2v) is 6.39. The zero-order chi connectivity index (χ0) is 12.1. The van der Waals surface area contributed by atoms with Crippen LogP contribution in [0.15, 0.2) is 0 Å². The Kier molecular flexibility index (Phi) is 5.60. The molecule has 100 valence electrons. The Morgan fingerprint density at radius 3 is 2.71 bits per heavy atom. The van der Waals surface area contributed by atoms with E-state index in [-0.39, 0.29) is 0 Å². The lowest BCUT2D eigenvalue weighted by molar-refractivity contribution is 0.0162. The average Bonchev–Trinajstić information content (AvgIpc) is 2.40. The summed E-state index contributed by atoms with van der Waals surface area (Å²) in [6, 6.07) is 0.655. The minimum absolute atomic E-state index is 0.655. The molecule has 0 saturated carbocycles. The van der Waals surface area contributed by atoms with Crippen LogP contribution >= 0.6 is 11.8 Å². The van der Waals surface area contributed by atoms with Crippen LogP contribution in [0.4, 0.5) is 0 Å². The maximum Gasteiger partial charge on any atom is 0.0521 e. The van der Waals surface area contributed by atoms with Crippen molar-refractivity contribution in [1.82, 2.24) is 10.2 Å². The summed E-state index contributed by atoms with van der Waals surface area (Å²) in [5.74, 6) is 0.680. The lowest BCUT2D eigenvalue weighted by Crippen LogP contribution is -2.48. The van der Waals surface area contributed by atoms with Crippen LogP contribution in [-0.2, 0) is 4.74 Å². The monoisotopic (exact) mass is 258 g/mol. The van der Waals surface area contributed by atoms with E-state index >= 15 is 0 Å². The van der Waals surface area contributed by atoms with Gasteiger partial charge in [-0.1, -0.05) is 0 Å². The molecule has 4 heteroatoms. The third kappa shape index (κ3) is 3.85. The van der Waals surface area contributed by atoms with Gasteiger partial charge in [0.15, 0.2) is 0 Å². The fourth-order valence-corrected chi connectivity index (χ4v) is 3.70. The number of ether oxygens (including phenoxy) is 1. The number of nitrogens with one attached hydrogen (secondary N) is 1. The summed E-state index contributed by atoms with van der Waals surface area (Å²) >= 11 is 2.04. The highest BCUT2D eigenvalue weighted by Gasteiger charge is 2.28. The van der Waals surface area contributed by atoms with Gasteiger partial charge in [0, 0.05) is 30.4 Å². The van der Waals surface area contributed by atoms with Gasteiger partial charge in [-0.15, -0.1) is 0 Å². The van der Waals surface area contributed by atoms with Crippen molar-refractivity contribution in [2.45, 2.75) is 30.6 Å². The molecule has 0 radical (unpaired) electrons. The topological polar surface area (TPSA) is 24.5 Å². The normalized spacial score (nSPS) is 32.8. The number of hydrogen-bond acceptors (Lipinski definition) is 4. The van der Waals surface area contributed by atoms with Crippen molar-refractivity contribution in [3.8, 4) is 0 Å². The molecule has 0 aromatic carbocycles. The van der Waals surface area contributed by atoms with Crippen LogP contribution in [0.5, 0.6) is 0 Å². The van der Waals surface area contributed by atoms with Crippen LogP contribution in [0.3, 0.4) is 0 Å². The largest absolute Gasteiger partial charge is 0.381 e. The van der Waals surface area contributed by atoms with Gasteiger partial charge in [-0.3, -0.25) is 0 Å². The minimum Gasteiger partial charge on any atom is -0.381 e. The van der Waals surface area contributed by atoms with Gasteiger partial charge < -0.3 is 15.0 Å². The molecule has 0 aromatic heterocycles. The van der Waals surface area contributed by atoms with Crippen molar-refractivity contribution in [3.63, 3.8) is 0 Å². The predicted octanol–water partition coefficient (Wildman–Crippen LogP) is 1.44. The van der Waals surface area contributed by atoms with Crippen molar-refractivity contribution in [2.75, 3.05) is 46.2 Å². The van der Waals surface area contributed by atoms with Crippen LogP contribution in [0.25, 0.3) is 0 Å². The minimum atomic E-state index is 0.655. The standard InChI is InChI=1S/C13H26N2OS/c1-14-13-5-8-16-10-11(13)9-15-6-3-12(17-2)4-7-15/h11-14H,3-10H2,1-2H3. The second-order valence-electron chi connectivity index (χ2n) is 5.25. The van der Waals surface area contributed by atoms with Crippen molar-refractivity contribution in [2.24, 2.45) is 5.92 Å². The first-order valence-corrected chi connectivity index (χ1v) is 8.12.